The Hall–Kier alpha value is -2.81. The van der Waals surface area contributed by atoms with Crippen molar-refractivity contribution >= 4 is 17.8 Å². The lowest BCUT2D eigenvalue weighted by Crippen LogP contribution is -2.60. The van der Waals surface area contributed by atoms with Crippen LogP contribution in [-0.4, -0.2) is 74.2 Å². The predicted octanol–water partition coefficient (Wildman–Crippen LogP) is -0.263. The molecule has 2 heterocycles. The number of hydrogen-bond acceptors (Lipinski definition) is 7. The number of esters is 1. The molecule has 2 aliphatic rings. The van der Waals surface area contributed by atoms with Crippen molar-refractivity contribution in [3.05, 3.63) is 23.8 Å². The van der Waals surface area contributed by atoms with Gasteiger partial charge < -0.3 is 24.4 Å². The molecule has 1 saturated heterocycles. The summed E-state index contributed by atoms with van der Waals surface area (Å²) in [5.74, 6) is 0.155. The molecule has 2 amide bonds. The minimum absolute atomic E-state index is 0.221. The zero-order chi connectivity index (χ0) is 19.4. The van der Waals surface area contributed by atoms with Crippen LogP contribution < -0.4 is 14.8 Å². The van der Waals surface area contributed by atoms with Crippen molar-refractivity contribution in [2.24, 2.45) is 0 Å². The van der Waals surface area contributed by atoms with Crippen molar-refractivity contribution < 1.29 is 28.6 Å². The fourth-order valence-electron chi connectivity index (χ4n) is 3.27. The van der Waals surface area contributed by atoms with Crippen molar-refractivity contribution in [3.8, 4) is 11.5 Å². The molecule has 0 aliphatic carbocycles. The molecule has 0 aromatic heterocycles. The van der Waals surface area contributed by atoms with Gasteiger partial charge >= 0.3 is 5.97 Å². The van der Waals surface area contributed by atoms with Gasteiger partial charge in [-0.25, -0.2) is 0 Å². The Labute approximate surface area is 157 Å². The van der Waals surface area contributed by atoms with Crippen molar-refractivity contribution in [2.75, 3.05) is 40.6 Å². The van der Waals surface area contributed by atoms with E-state index in [1.165, 1.54) is 19.1 Å². The number of carbonyl (C=O) groups is 3. The Kier molecular flexibility index (Phi) is 5.80. The van der Waals surface area contributed by atoms with E-state index >= 15 is 0 Å². The maximum Gasteiger partial charge on any atom is 0.315 e. The van der Waals surface area contributed by atoms with Crippen LogP contribution in [0.1, 0.15) is 12.0 Å². The summed E-state index contributed by atoms with van der Waals surface area (Å²) in [6, 6.07) is 5.09. The Bertz CT molecular complexity index is 738. The zero-order valence-electron chi connectivity index (χ0n) is 15.4. The van der Waals surface area contributed by atoms with Gasteiger partial charge in [-0.1, -0.05) is 6.07 Å². The predicted molar refractivity (Wildman–Crippen MR) is 94.0 cm³/mol. The van der Waals surface area contributed by atoms with Crippen LogP contribution in [0.4, 0.5) is 0 Å². The first-order valence-electron chi connectivity index (χ1n) is 8.70. The summed E-state index contributed by atoms with van der Waals surface area (Å²) < 4.78 is 15.3. The molecule has 0 bridgehead atoms. The molecule has 9 nitrogen and oxygen atoms in total. The van der Waals surface area contributed by atoms with Gasteiger partial charge in [0.25, 0.3) is 0 Å². The van der Waals surface area contributed by atoms with E-state index in [1.807, 2.05) is 18.2 Å². The Morgan fingerprint density at radius 2 is 2.00 bits per heavy atom. The van der Waals surface area contributed by atoms with E-state index in [9.17, 15) is 14.4 Å². The number of rotatable bonds is 5. The van der Waals surface area contributed by atoms with Crippen LogP contribution in [0, 0.1) is 0 Å². The lowest BCUT2D eigenvalue weighted by atomic mass is 10.1. The number of carbonyl (C=O) groups excluding carboxylic acids is 3. The molecule has 27 heavy (non-hydrogen) atoms. The normalized spacial score (nSPS) is 18.9. The summed E-state index contributed by atoms with van der Waals surface area (Å²) in [5, 5.41) is 2.59. The number of benzene rings is 1. The Morgan fingerprint density at radius 3 is 2.74 bits per heavy atom. The van der Waals surface area contributed by atoms with Crippen LogP contribution in [0.5, 0.6) is 11.5 Å². The second-order valence-electron chi connectivity index (χ2n) is 6.39. The number of nitrogens with zero attached hydrogens (tertiary/aromatic N) is 2. The lowest BCUT2D eigenvalue weighted by molar-refractivity contribution is -0.151. The van der Waals surface area contributed by atoms with Crippen molar-refractivity contribution in [2.45, 2.75) is 19.0 Å². The molecule has 0 spiro atoms. The molecular formula is C18H23N3O6. The molecule has 1 aromatic carbocycles. The third-order valence-electron chi connectivity index (χ3n) is 4.70. The number of piperazine rings is 1. The largest absolute Gasteiger partial charge is 0.469 e. The van der Waals surface area contributed by atoms with Gasteiger partial charge in [-0.2, -0.15) is 0 Å². The van der Waals surface area contributed by atoms with Gasteiger partial charge in [0.15, 0.2) is 11.5 Å². The first kappa shape index (κ1) is 19.0. The quantitative estimate of drug-likeness (QED) is 0.558. The number of amides is 2. The van der Waals surface area contributed by atoms with E-state index < -0.39 is 17.9 Å². The van der Waals surface area contributed by atoms with Gasteiger partial charge in [0.1, 0.15) is 12.5 Å². The molecular weight excluding hydrogens is 354 g/mol. The summed E-state index contributed by atoms with van der Waals surface area (Å²) in [6.45, 7) is 2.16. The van der Waals surface area contributed by atoms with E-state index in [2.05, 4.69) is 15.0 Å². The topological polar surface area (TPSA) is 97.4 Å². The number of nitrogens with one attached hydrogen (secondary N) is 1. The fraction of sp³-hybridized carbons (Fsp3) is 0.500. The highest BCUT2D eigenvalue weighted by Gasteiger charge is 2.35. The van der Waals surface area contributed by atoms with Crippen LogP contribution in [0.3, 0.4) is 0 Å². The molecule has 0 saturated carbocycles. The molecule has 9 heteroatoms. The number of fused-ring (bicyclic) bond motifs is 1. The lowest BCUT2D eigenvalue weighted by Gasteiger charge is -2.40. The zero-order valence-corrected chi connectivity index (χ0v) is 15.4. The fourth-order valence-corrected chi connectivity index (χ4v) is 3.27. The number of hydrogen-bond donors (Lipinski definition) is 1. The van der Waals surface area contributed by atoms with E-state index in [0.717, 1.165) is 11.3 Å². The third kappa shape index (κ3) is 4.30. The van der Waals surface area contributed by atoms with Gasteiger partial charge in [-0.3, -0.25) is 19.3 Å². The summed E-state index contributed by atoms with van der Waals surface area (Å²) in [4.78, 5) is 39.6. The van der Waals surface area contributed by atoms with E-state index in [1.54, 1.807) is 0 Å². The standard InChI is InChI=1S/C18H23N3O6/c1-19-18(24)13-10-20(5-6-21(13)16(22)8-17(23)25-2)9-12-3-4-14-15(7-12)27-11-26-14/h3-4,7,13H,5-6,8-11H2,1-2H3,(H,19,24). The van der Waals surface area contributed by atoms with Crippen LogP contribution >= 0.6 is 0 Å². The molecule has 1 atom stereocenters. The first-order chi connectivity index (χ1) is 13.0. The molecule has 1 aromatic rings. The van der Waals surface area contributed by atoms with E-state index in [0.29, 0.717) is 31.9 Å². The maximum absolute atomic E-state index is 12.4. The van der Waals surface area contributed by atoms with Crippen molar-refractivity contribution in [1.82, 2.24) is 15.1 Å². The summed E-state index contributed by atoms with van der Waals surface area (Å²) >= 11 is 0. The highest BCUT2D eigenvalue weighted by Crippen LogP contribution is 2.33. The minimum Gasteiger partial charge on any atom is -0.469 e. The highest BCUT2D eigenvalue weighted by molar-refractivity contribution is 5.96. The maximum atomic E-state index is 12.4. The van der Waals surface area contributed by atoms with Crippen LogP contribution in [0.2, 0.25) is 0 Å². The van der Waals surface area contributed by atoms with Gasteiger partial charge in [-0.15, -0.1) is 0 Å². The summed E-state index contributed by atoms with van der Waals surface area (Å²) in [7, 11) is 2.76. The van der Waals surface area contributed by atoms with Crippen LogP contribution in [-0.2, 0) is 25.7 Å². The smallest absolute Gasteiger partial charge is 0.315 e. The molecule has 2 aliphatic heterocycles. The molecule has 3 rings (SSSR count). The van der Waals surface area contributed by atoms with Crippen LogP contribution in [0.15, 0.2) is 18.2 Å². The average molecular weight is 377 g/mol. The van der Waals surface area contributed by atoms with Gasteiger partial charge in [0.2, 0.25) is 18.6 Å². The highest BCUT2D eigenvalue weighted by atomic mass is 16.7. The van der Waals surface area contributed by atoms with Crippen molar-refractivity contribution in [3.63, 3.8) is 0 Å². The SMILES string of the molecule is CNC(=O)C1CN(Cc2ccc3c(c2)OCO3)CCN1C(=O)CC(=O)OC. The third-order valence-corrected chi connectivity index (χ3v) is 4.70. The average Bonchev–Trinajstić information content (AvgIpc) is 3.14. The van der Waals surface area contributed by atoms with Crippen molar-refractivity contribution in [1.29, 1.82) is 0 Å². The Morgan fingerprint density at radius 1 is 1.22 bits per heavy atom. The molecule has 0 radical (unpaired) electrons. The summed E-state index contributed by atoms with van der Waals surface area (Å²) in [5.41, 5.74) is 1.03. The van der Waals surface area contributed by atoms with Crippen LogP contribution in [0.25, 0.3) is 0 Å². The molecule has 1 fully saturated rings. The second kappa shape index (κ2) is 8.26. The monoisotopic (exact) mass is 377 g/mol. The minimum atomic E-state index is -0.657. The number of methoxy groups -OCH3 is 1. The molecule has 1 unspecified atom stereocenters. The number of ether oxygens (including phenoxy) is 3. The molecule has 146 valence electrons. The Balaban J connectivity index is 1.67. The van der Waals surface area contributed by atoms with E-state index in [-0.39, 0.29) is 19.1 Å². The first-order valence-corrected chi connectivity index (χ1v) is 8.70. The number of likely N-dealkylation sites (N-methyl/N-ethyl adjacent to an activating group) is 1. The van der Waals surface area contributed by atoms with Gasteiger partial charge in [0.05, 0.1) is 7.11 Å². The van der Waals surface area contributed by atoms with E-state index in [4.69, 9.17) is 9.47 Å². The van der Waals surface area contributed by atoms with Gasteiger partial charge in [-0.05, 0) is 17.7 Å². The molecule has 1 N–H and O–H groups in total. The summed E-state index contributed by atoms with van der Waals surface area (Å²) in [6.07, 6.45) is -0.369. The second-order valence-corrected chi connectivity index (χ2v) is 6.39. The van der Waals surface area contributed by atoms with Gasteiger partial charge in [0, 0.05) is 33.2 Å².